The van der Waals surface area contributed by atoms with Gasteiger partial charge >= 0.3 is 0 Å². The van der Waals surface area contributed by atoms with Crippen LogP contribution in [0.4, 0.5) is 11.5 Å². The quantitative estimate of drug-likeness (QED) is 0.636. The number of nitrogens with zero attached hydrogens (tertiary/aromatic N) is 3. The van der Waals surface area contributed by atoms with E-state index in [-0.39, 0.29) is 11.3 Å². The van der Waals surface area contributed by atoms with Crippen LogP contribution in [0.3, 0.4) is 0 Å². The Morgan fingerprint density at radius 3 is 3.11 bits per heavy atom. The van der Waals surface area contributed by atoms with Gasteiger partial charge < -0.3 is 5.32 Å². The van der Waals surface area contributed by atoms with Crippen LogP contribution in [0.5, 0.6) is 0 Å². The Kier molecular flexibility index (Phi) is 3.42. The first-order valence-corrected chi connectivity index (χ1v) is 5.96. The van der Waals surface area contributed by atoms with E-state index in [4.69, 9.17) is 5.26 Å². The van der Waals surface area contributed by atoms with Crippen LogP contribution in [-0.2, 0) is 0 Å². The lowest BCUT2D eigenvalue weighted by molar-refractivity contribution is -0.385. The Morgan fingerprint density at radius 2 is 2.50 bits per heavy atom. The highest BCUT2D eigenvalue weighted by atomic mass is 16.6. The highest BCUT2D eigenvalue weighted by molar-refractivity contribution is 5.56. The number of rotatable bonds is 5. The summed E-state index contributed by atoms with van der Waals surface area (Å²) in [6.45, 7) is 2.14. The van der Waals surface area contributed by atoms with Gasteiger partial charge in [-0.1, -0.05) is 13.3 Å². The molecule has 94 valence electrons. The largest absolute Gasteiger partial charge is 0.366 e. The molecule has 1 aliphatic rings. The fraction of sp³-hybridized carbons (Fsp3) is 0.500. The third-order valence-electron chi connectivity index (χ3n) is 3.11. The molecule has 0 aromatic carbocycles. The molecule has 6 heteroatoms. The number of hydrogen-bond donors (Lipinski definition) is 1. The Hall–Kier alpha value is -2.16. The number of nitriles is 1. The van der Waals surface area contributed by atoms with E-state index in [2.05, 4.69) is 17.2 Å². The predicted molar refractivity (Wildman–Crippen MR) is 66.0 cm³/mol. The van der Waals surface area contributed by atoms with Crippen molar-refractivity contribution in [1.82, 2.24) is 4.98 Å². The minimum absolute atomic E-state index is 0.155. The van der Waals surface area contributed by atoms with Gasteiger partial charge in [-0.2, -0.15) is 5.26 Å². The summed E-state index contributed by atoms with van der Waals surface area (Å²) < 4.78 is 0. The molecular weight excluding hydrogens is 232 g/mol. The smallest absolute Gasteiger partial charge is 0.289 e. The van der Waals surface area contributed by atoms with E-state index in [0.717, 1.165) is 19.3 Å². The first-order valence-electron chi connectivity index (χ1n) is 5.96. The molecule has 1 aromatic rings. The van der Waals surface area contributed by atoms with Gasteiger partial charge in [0.1, 0.15) is 23.6 Å². The van der Waals surface area contributed by atoms with Gasteiger partial charge in [-0.25, -0.2) is 4.98 Å². The molecule has 2 atom stereocenters. The van der Waals surface area contributed by atoms with Crippen molar-refractivity contribution in [2.45, 2.75) is 32.2 Å². The third-order valence-corrected chi connectivity index (χ3v) is 3.11. The van der Waals surface area contributed by atoms with Crippen molar-refractivity contribution in [2.75, 3.05) is 5.32 Å². The molecular formula is C12H14N4O2. The Bertz CT molecular complexity index is 509. The van der Waals surface area contributed by atoms with E-state index < -0.39 is 4.92 Å². The molecule has 2 rings (SSSR count). The molecule has 1 aliphatic carbocycles. The number of anilines is 1. The normalized spacial score (nSPS) is 21.1. The second-order valence-electron chi connectivity index (χ2n) is 4.49. The average Bonchev–Trinajstić information content (AvgIpc) is 3.08. The monoisotopic (exact) mass is 246 g/mol. The van der Waals surface area contributed by atoms with Gasteiger partial charge in [-0.3, -0.25) is 10.1 Å². The molecule has 1 saturated carbocycles. The van der Waals surface area contributed by atoms with Crippen LogP contribution in [0, 0.1) is 27.4 Å². The summed E-state index contributed by atoms with van der Waals surface area (Å²) in [6.07, 6.45) is 4.56. The van der Waals surface area contributed by atoms with Crippen LogP contribution in [0.15, 0.2) is 12.3 Å². The predicted octanol–water partition coefficient (Wildman–Crippen LogP) is 2.46. The molecule has 6 nitrogen and oxygen atoms in total. The molecule has 0 radical (unpaired) electrons. The summed E-state index contributed by atoms with van der Waals surface area (Å²) in [5, 5.41) is 22.7. The van der Waals surface area contributed by atoms with E-state index >= 15 is 0 Å². The summed E-state index contributed by atoms with van der Waals surface area (Å²) in [6, 6.07) is 3.55. The van der Waals surface area contributed by atoms with E-state index in [1.165, 1.54) is 12.3 Å². The topological polar surface area (TPSA) is 91.8 Å². The zero-order chi connectivity index (χ0) is 13.1. The van der Waals surface area contributed by atoms with Crippen molar-refractivity contribution in [2.24, 2.45) is 5.92 Å². The van der Waals surface area contributed by atoms with Crippen LogP contribution in [0.2, 0.25) is 0 Å². The van der Waals surface area contributed by atoms with Gasteiger partial charge in [0.25, 0.3) is 5.69 Å². The molecule has 18 heavy (non-hydrogen) atoms. The SMILES string of the molecule is CCCC1CC1Nc1ncc([N+](=O)[O-])cc1C#N. The fourth-order valence-electron chi connectivity index (χ4n) is 2.04. The van der Waals surface area contributed by atoms with Gasteiger partial charge in [0.2, 0.25) is 0 Å². The zero-order valence-electron chi connectivity index (χ0n) is 10.1. The number of nitrogens with one attached hydrogen (secondary N) is 1. The van der Waals surface area contributed by atoms with Crippen molar-refractivity contribution >= 4 is 11.5 Å². The maximum absolute atomic E-state index is 10.6. The number of aromatic nitrogens is 1. The molecule has 0 spiro atoms. The van der Waals surface area contributed by atoms with E-state index in [1.54, 1.807) is 0 Å². The van der Waals surface area contributed by atoms with Crippen LogP contribution < -0.4 is 5.32 Å². The van der Waals surface area contributed by atoms with Crippen molar-refractivity contribution in [3.05, 3.63) is 27.9 Å². The summed E-state index contributed by atoms with van der Waals surface area (Å²) in [7, 11) is 0. The fourth-order valence-corrected chi connectivity index (χ4v) is 2.04. The van der Waals surface area contributed by atoms with Gasteiger partial charge in [0.15, 0.2) is 0 Å². The third kappa shape index (κ3) is 2.56. The Morgan fingerprint density at radius 1 is 1.72 bits per heavy atom. The summed E-state index contributed by atoms with van der Waals surface area (Å²) >= 11 is 0. The molecule has 2 unspecified atom stereocenters. The van der Waals surface area contributed by atoms with Crippen molar-refractivity contribution in [1.29, 1.82) is 5.26 Å². The minimum Gasteiger partial charge on any atom is -0.366 e. The molecule has 0 bridgehead atoms. The molecule has 1 N–H and O–H groups in total. The lowest BCUT2D eigenvalue weighted by atomic mass is 10.2. The standard InChI is InChI=1S/C12H14N4O2/c1-2-3-8-5-11(8)15-12-9(6-13)4-10(7-14-12)16(17)18/h4,7-8,11H,2-3,5H2,1H3,(H,14,15). The van der Waals surface area contributed by atoms with Crippen LogP contribution in [0.25, 0.3) is 0 Å². The minimum atomic E-state index is -0.547. The maximum atomic E-state index is 10.6. The van der Waals surface area contributed by atoms with Crippen LogP contribution in [-0.4, -0.2) is 15.9 Å². The number of pyridine rings is 1. The maximum Gasteiger partial charge on any atom is 0.289 e. The highest BCUT2D eigenvalue weighted by Gasteiger charge is 2.36. The molecule has 0 aliphatic heterocycles. The van der Waals surface area contributed by atoms with Gasteiger partial charge in [-0.05, 0) is 18.8 Å². The Labute approximate surface area is 105 Å². The molecule has 0 saturated heterocycles. The van der Waals surface area contributed by atoms with Crippen LogP contribution in [0.1, 0.15) is 31.7 Å². The number of nitro groups is 1. The highest BCUT2D eigenvalue weighted by Crippen LogP contribution is 2.37. The molecule has 1 fully saturated rings. The molecule has 1 aromatic heterocycles. The van der Waals surface area contributed by atoms with Gasteiger partial charge in [-0.15, -0.1) is 0 Å². The number of hydrogen-bond acceptors (Lipinski definition) is 5. The first-order chi connectivity index (χ1) is 8.65. The van der Waals surface area contributed by atoms with Gasteiger partial charge in [0, 0.05) is 12.1 Å². The summed E-state index contributed by atoms with van der Waals surface area (Å²) in [5.41, 5.74) is 0.0735. The lowest BCUT2D eigenvalue weighted by Crippen LogP contribution is -2.08. The summed E-state index contributed by atoms with van der Waals surface area (Å²) in [5.74, 6) is 1.09. The molecule has 1 heterocycles. The Balaban J connectivity index is 2.10. The molecule has 0 amide bonds. The van der Waals surface area contributed by atoms with E-state index in [1.807, 2.05) is 6.07 Å². The van der Waals surface area contributed by atoms with Gasteiger partial charge in [0.05, 0.1) is 4.92 Å². The average molecular weight is 246 g/mol. The summed E-state index contributed by atoms with van der Waals surface area (Å²) in [4.78, 5) is 14.0. The van der Waals surface area contributed by atoms with Crippen molar-refractivity contribution in [3.8, 4) is 6.07 Å². The zero-order valence-corrected chi connectivity index (χ0v) is 10.1. The lowest BCUT2D eigenvalue weighted by Gasteiger charge is -2.06. The second-order valence-corrected chi connectivity index (χ2v) is 4.49. The first kappa shape index (κ1) is 12.3. The van der Waals surface area contributed by atoms with E-state index in [9.17, 15) is 10.1 Å². The van der Waals surface area contributed by atoms with Crippen LogP contribution >= 0.6 is 0 Å². The van der Waals surface area contributed by atoms with Crippen molar-refractivity contribution in [3.63, 3.8) is 0 Å². The van der Waals surface area contributed by atoms with Crippen molar-refractivity contribution < 1.29 is 4.92 Å². The van der Waals surface area contributed by atoms with E-state index in [0.29, 0.717) is 17.8 Å². The second kappa shape index (κ2) is 5.00.